The molecule has 0 spiro atoms. The lowest BCUT2D eigenvalue weighted by Crippen LogP contribution is -2.41. The fourth-order valence-electron chi connectivity index (χ4n) is 2.43. The second kappa shape index (κ2) is 4.86. The highest BCUT2D eigenvalue weighted by molar-refractivity contribution is 7.99. The summed E-state index contributed by atoms with van der Waals surface area (Å²) in [4.78, 5) is 27.6. The van der Waals surface area contributed by atoms with E-state index in [1.807, 2.05) is 12.1 Å². The van der Waals surface area contributed by atoms with Crippen molar-refractivity contribution in [1.82, 2.24) is 4.90 Å². The average molecular weight is 277 g/mol. The van der Waals surface area contributed by atoms with Crippen molar-refractivity contribution < 1.29 is 9.59 Å². The summed E-state index contributed by atoms with van der Waals surface area (Å²) >= 11 is 1.72. The van der Waals surface area contributed by atoms with Crippen molar-refractivity contribution in [2.75, 3.05) is 23.0 Å². The Morgan fingerprint density at radius 2 is 2.00 bits per heavy atom. The molecular weight excluding hydrogens is 262 g/mol. The van der Waals surface area contributed by atoms with Crippen molar-refractivity contribution in [3.63, 3.8) is 0 Å². The zero-order valence-electron chi connectivity index (χ0n) is 10.4. The lowest BCUT2D eigenvalue weighted by atomic mass is 10.2. The lowest BCUT2D eigenvalue weighted by Gasteiger charge is -2.25. The molecule has 0 radical (unpaired) electrons. The molecule has 0 saturated carbocycles. The average Bonchev–Trinajstić information content (AvgIpc) is 2.72. The Morgan fingerprint density at radius 3 is 2.63 bits per heavy atom. The van der Waals surface area contributed by atoms with Crippen molar-refractivity contribution in [1.29, 1.82) is 0 Å². The van der Waals surface area contributed by atoms with Gasteiger partial charge in [-0.1, -0.05) is 12.1 Å². The summed E-state index contributed by atoms with van der Waals surface area (Å²) < 4.78 is 0. The second-order valence-electron chi connectivity index (χ2n) is 4.61. The summed E-state index contributed by atoms with van der Waals surface area (Å²) in [6, 6.07) is 6.77. The normalized spacial score (nSPS) is 22.9. The van der Waals surface area contributed by atoms with Crippen molar-refractivity contribution in [3.05, 3.63) is 29.8 Å². The van der Waals surface area contributed by atoms with Crippen LogP contribution >= 0.6 is 11.8 Å². The van der Waals surface area contributed by atoms with Crippen LogP contribution in [0.1, 0.15) is 5.56 Å². The van der Waals surface area contributed by atoms with Crippen molar-refractivity contribution in [2.24, 2.45) is 5.73 Å². The number of rotatable bonds is 2. The third kappa shape index (κ3) is 2.01. The first-order chi connectivity index (χ1) is 9.22. The van der Waals surface area contributed by atoms with Gasteiger partial charge in [0.25, 0.3) is 5.91 Å². The number of urea groups is 1. The number of fused-ring (bicyclic) bond motifs is 1. The minimum atomic E-state index is -0.291. The summed E-state index contributed by atoms with van der Waals surface area (Å²) in [5.74, 6) is 1.48. The topological polar surface area (TPSA) is 66.6 Å². The van der Waals surface area contributed by atoms with Gasteiger partial charge >= 0.3 is 6.03 Å². The number of carbonyl (C=O) groups excluding carboxylic acids is 2. The number of amides is 3. The third-order valence-electron chi connectivity index (χ3n) is 3.50. The van der Waals surface area contributed by atoms with E-state index in [9.17, 15) is 9.59 Å². The molecule has 2 fully saturated rings. The molecule has 2 aliphatic rings. The number of carbonyl (C=O) groups is 2. The number of benzene rings is 1. The second-order valence-corrected chi connectivity index (χ2v) is 5.76. The van der Waals surface area contributed by atoms with E-state index in [1.54, 1.807) is 28.8 Å². The highest BCUT2D eigenvalue weighted by Gasteiger charge is 2.46. The van der Waals surface area contributed by atoms with Gasteiger partial charge in [-0.05, 0) is 17.7 Å². The van der Waals surface area contributed by atoms with Crippen LogP contribution in [0.25, 0.3) is 0 Å². The predicted molar refractivity (Wildman–Crippen MR) is 75.0 cm³/mol. The summed E-state index contributed by atoms with van der Waals surface area (Å²) in [6.45, 7) is 1.10. The van der Waals surface area contributed by atoms with Crippen LogP contribution in [-0.2, 0) is 11.3 Å². The van der Waals surface area contributed by atoms with Crippen LogP contribution in [0.2, 0.25) is 0 Å². The van der Waals surface area contributed by atoms with Crippen LogP contribution in [-0.4, -0.2) is 40.9 Å². The molecule has 2 saturated heterocycles. The number of thioether (sulfide) groups is 1. The van der Waals surface area contributed by atoms with E-state index in [1.165, 1.54) is 4.90 Å². The van der Waals surface area contributed by atoms with Crippen LogP contribution in [0.15, 0.2) is 24.3 Å². The maximum atomic E-state index is 12.3. The quantitative estimate of drug-likeness (QED) is 0.820. The molecule has 2 heterocycles. The number of imide groups is 1. The van der Waals surface area contributed by atoms with Crippen LogP contribution in [0.3, 0.4) is 0 Å². The molecule has 1 atom stereocenters. The molecule has 5 nitrogen and oxygen atoms in total. The van der Waals surface area contributed by atoms with Gasteiger partial charge in [0.05, 0.1) is 5.69 Å². The summed E-state index contributed by atoms with van der Waals surface area (Å²) in [7, 11) is 0. The molecule has 3 rings (SSSR count). The minimum Gasteiger partial charge on any atom is -0.326 e. The molecule has 2 N–H and O–H groups in total. The monoisotopic (exact) mass is 277 g/mol. The van der Waals surface area contributed by atoms with E-state index in [4.69, 9.17) is 5.73 Å². The van der Waals surface area contributed by atoms with E-state index >= 15 is 0 Å². The molecule has 0 aromatic heterocycles. The van der Waals surface area contributed by atoms with E-state index in [0.29, 0.717) is 24.5 Å². The Morgan fingerprint density at radius 1 is 1.26 bits per heavy atom. The van der Waals surface area contributed by atoms with Gasteiger partial charge in [0, 0.05) is 24.6 Å². The van der Waals surface area contributed by atoms with Gasteiger partial charge in [0.1, 0.15) is 6.04 Å². The van der Waals surface area contributed by atoms with Gasteiger partial charge in [-0.25, -0.2) is 9.69 Å². The van der Waals surface area contributed by atoms with Crippen LogP contribution < -0.4 is 10.6 Å². The van der Waals surface area contributed by atoms with E-state index in [0.717, 1.165) is 11.3 Å². The maximum Gasteiger partial charge on any atom is 0.332 e. The molecule has 0 aliphatic carbocycles. The van der Waals surface area contributed by atoms with Gasteiger partial charge < -0.3 is 10.6 Å². The van der Waals surface area contributed by atoms with Gasteiger partial charge in [-0.3, -0.25) is 4.79 Å². The van der Waals surface area contributed by atoms with Crippen molar-refractivity contribution >= 4 is 29.4 Å². The predicted octanol–water partition coefficient (Wildman–Crippen LogP) is 1.03. The highest BCUT2D eigenvalue weighted by atomic mass is 32.2. The fraction of sp³-hybridized carbons (Fsp3) is 0.385. The van der Waals surface area contributed by atoms with Gasteiger partial charge in [-0.15, -0.1) is 0 Å². The van der Waals surface area contributed by atoms with Crippen LogP contribution in [0, 0.1) is 0 Å². The van der Waals surface area contributed by atoms with E-state index in [2.05, 4.69) is 0 Å². The first-order valence-electron chi connectivity index (χ1n) is 6.23. The minimum absolute atomic E-state index is 0.113. The number of hydrogen-bond donors (Lipinski definition) is 1. The van der Waals surface area contributed by atoms with Crippen LogP contribution in [0.4, 0.5) is 10.5 Å². The van der Waals surface area contributed by atoms with Crippen molar-refractivity contribution in [2.45, 2.75) is 12.6 Å². The summed E-state index contributed by atoms with van der Waals surface area (Å²) in [6.07, 6.45) is 0. The molecule has 1 aromatic carbocycles. The zero-order valence-corrected chi connectivity index (χ0v) is 11.2. The fourth-order valence-corrected chi connectivity index (χ4v) is 3.47. The largest absolute Gasteiger partial charge is 0.332 e. The Bertz CT molecular complexity index is 493. The Labute approximate surface area is 115 Å². The van der Waals surface area contributed by atoms with Gasteiger partial charge in [0.2, 0.25) is 0 Å². The van der Waals surface area contributed by atoms with Gasteiger partial charge in [0.15, 0.2) is 0 Å². The lowest BCUT2D eigenvalue weighted by molar-refractivity contribution is -0.119. The first-order valence-corrected chi connectivity index (χ1v) is 7.39. The zero-order chi connectivity index (χ0) is 13.4. The number of anilines is 1. The number of nitrogens with two attached hydrogens (primary N) is 1. The van der Waals surface area contributed by atoms with Crippen LogP contribution in [0.5, 0.6) is 0 Å². The summed E-state index contributed by atoms with van der Waals surface area (Å²) in [5, 5.41) is 0. The Hall–Kier alpha value is -1.53. The van der Waals surface area contributed by atoms with E-state index in [-0.39, 0.29) is 18.0 Å². The summed E-state index contributed by atoms with van der Waals surface area (Å²) in [5.41, 5.74) is 7.16. The smallest absolute Gasteiger partial charge is 0.326 e. The SMILES string of the molecule is NCc1ccc(N2C(=O)C3CSCCN3C2=O)cc1. The molecule has 1 aromatic rings. The molecule has 3 amide bonds. The molecule has 0 bridgehead atoms. The molecule has 1 unspecified atom stereocenters. The third-order valence-corrected chi connectivity index (χ3v) is 4.52. The Kier molecular flexibility index (Phi) is 3.20. The standard InChI is InChI=1S/C13H15N3O2S/c14-7-9-1-3-10(4-2-9)16-12(17)11-8-19-6-5-15(11)13(16)18/h1-4,11H,5-8,14H2. The Balaban J connectivity index is 1.91. The number of hydrogen-bond acceptors (Lipinski definition) is 4. The molecule has 6 heteroatoms. The molecule has 2 aliphatic heterocycles. The molecule has 19 heavy (non-hydrogen) atoms. The van der Waals surface area contributed by atoms with Crippen molar-refractivity contribution in [3.8, 4) is 0 Å². The first kappa shape index (κ1) is 12.5. The van der Waals surface area contributed by atoms with Gasteiger partial charge in [-0.2, -0.15) is 11.8 Å². The molecular formula is C13H15N3O2S. The van der Waals surface area contributed by atoms with E-state index < -0.39 is 0 Å². The highest BCUT2D eigenvalue weighted by Crippen LogP contribution is 2.29. The molecule has 100 valence electrons. The number of nitrogens with zero attached hydrogens (tertiary/aromatic N) is 2. The maximum absolute atomic E-state index is 12.3.